The Morgan fingerprint density at radius 3 is 2.71 bits per heavy atom. The molecule has 0 fully saturated rings. The van der Waals surface area contributed by atoms with Gasteiger partial charge in [-0.05, 0) is 51.3 Å². The highest BCUT2D eigenvalue weighted by molar-refractivity contribution is 6.04. The number of pyridine rings is 2. The molecular weight excluding hydrogens is 392 g/mol. The van der Waals surface area contributed by atoms with E-state index in [1.54, 1.807) is 13.3 Å². The number of methoxy groups -OCH3 is 1. The molecule has 1 N–H and O–H groups in total. The van der Waals surface area contributed by atoms with Crippen molar-refractivity contribution in [3.05, 3.63) is 52.1 Å². The van der Waals surface area contributed by atoms with E-state index in [1.807, 2.05) is 30.7 Å². The number of aromatic amines is 1. The Labute approximate surface area is 181 Å². The molecule has 0 spiro atoms. The minimum atomic E-state index is -0.136. The third kappa shape index (κ3) is 3.81. The van der Waals surface area contributed by atoms with Gasteiger partial charge >= 0.3 is 0 Å². The van der Waals surface area contributed by atoms with Crippen LogP contribution < -0.4 is 10.3 Å². The first-order valence-corrected chi connectivity index (χ1v) is 10.6. The molecule has 0 unspecified atom stereocenters. The normalized spacial score (nSPS) is 12.5. The smallest absolute Gasteiger partial charge is 0.259 e. The Bertz CT molecular complexity index is 1280. The van der Waals surface area contributed by atoms with E-state index in [4.69, 9.17) is 9.47 Å². The third-order valence-corrected chi connectivity index (χ3v) is 5.68. The van der Waals surface area contributed by atoms with Crippen LogP contribution in [0.1, 0.15) is 37.6 Å². The monoisotopic (exact) mass is 420 g/mol. The molecule has 0 radical (unpaired) electrons. The van der Waals surface area contributed by atoms with Crippen molar-refractivity contribution in [1.29, 1.82) is 0 Å². The summed E-state index contributed by atoms with van der Waals surface area (Å²) in [4.78, 5) is 20.4. The summed E-state index contributed by atoms with van der Waals surface area (Å²) in [5.41, 5.74) is 5.53. The first-order valence-electron chi connectivity index (χ1n) is 10.6. The van der Waals surface area contributed by atoms with Crippen molar-refractivity contribution in [2.75, 3.05) is 20.3 Å². The van der Waals surface area contributed by atoms with E-state index in [-0.39, 0.29) is 11.6 Å². The molecule has 0 aliphatic heterocycles. The summed E-state index contributed by atoms with van der Waals surface area (Å²) in [7, 11) is 1.69. The lowest BCUT2D eigenvalue weighted by Gasteiger charge is -2.15. The summed E-state index contributed by atoms with van der Waals surface area (Å²) in [6, 6.07) is 8.22. The van der Waals surface area contributed by atoms with E-state index in [9.17, 15) is 4.79 Å². The number of aromatic nitrogens is 4. The van der Waals surface area contributed by atoms with Crippen molar-refractivity contribution >= 4 is 21.8 Å². The molecule has 1 aromatic carbocycles. The van der Waals surface area contributed by atoms with Crippen molar-refractivity contribution in [2.24, 2.45) is 0 Å². The van der Waals surface area contributed by atoms with E-state index >= 15 is 0 Å². The van der Waals surface area contributed by atoms with Crippen molar-refractivity contribution < 1.29 is 9.47 Å². The lowest BCUT2D eigenvalue weighted by atomic mass is 9.98. The number of aryl methyl sites for hydroxylation is 2. The van der Waals surface area contributed by atoms with Gasteiger partial charge in [-0.3, -0.25) is 9.48 Å². The second kappa shape index (κ2) is 8.51. The fourth-order valence-corrected chi connectivity index (χ4v) is 4.20. The average Bonchev–Trinajstić information content (AvgIpc) is 3.18. The Kier molecular flexibility index (Phi) is 5.78. The number of fused-ring (bicyclic) bond motifs is 3. The molecule has 4 rings (SSSR count). The Morgan fingerprint density at radius 2 is 2.00 bits per heavy atom. The maximum absolute atomic E-state index is 12.8. The Balaban J connectivity index is 1.88. The fourth-order valence-electron chi connectivity index (χ4n) is 4.20. The van der Waals surface area contributed by atoms with Crippen LogP contribution in [0.2, 0.25) is 0 Å². The fraction of sp³-hybridized carbons (Fsp3) is 0.375. The van der Waals surface area contributed by atoms with Gasteiger partial charge in [0.05, 0.1) is 35.3 Å². The Hall–Kier alpha value is -3.19. The van der Waals surface area contributed by atoms with Crippen LogP contribution in [-0.4, -0.2) is 40.1 Å². The molecule has 7 nitrogen and oxygen atoms in total. The van der Waals surface area contributed by atoms with Crippen LogP contribution in [0.4, 0.5) is 0 Å². The van der Waals surface area contributed by atoms with Gasteiger partial charge in [0.15, 0.2) is 0 Å². The van der Waals surface area contributed by atoms with Crippen LogP contribution in [-0.2, 0) is 4.74 Å². The second-order valence-electron chi connectivity index (χ2n) is 7.87. The maximum Gasteiger partial charge on any atom is 0.259 e. The van der Waals surface area contributed by atoms with Crippen LogP contribution in [0.3, 0.4) is 0 Å². The molecule has 31 heavy (non-hydrogen) atoms. The molecule has 0 aliphatic carbocycles. The highest BCUT2D eigenvalue weighted by Crippen LogP contribution is 2.32. The molecule has 0 bridgehead atoms. The van der Waals surface area contributed by atoms with E-state index in [0.717, 1.165) is 45.2 Å². The van der Waals surface area contributed by atoms with Crippen molar-refractivity contribution in [3.63, 3.8) is 0 Å². The molecule has 0 amide bonds. The third-order valence-electron chi connectivity index (χ3n) is 5.68. The zero-order chi connectivity index (χ0) is 22.1. The summed E-state index contributed by atoms with van der Waals surface area (Å²) in [5.74, 6) is 0.631. The molecule has 1 atom stereocenters. The molecule has 7 heteroatoms. The van der Waals surface area contributed by atoms with Gasteiger partial charge in [0.1, 0.15) is 0 Å². The van der Waals surface area contributed by atoms with Crippen LogP contribution in [0.25, 0.3) is 32.9 Å². The predicted molar refractivity (Wildman–Crippen MR) is 123 cm³/mol. The van der Waals surface area contributed by atoms with Crippen LogP contribution in [0, 0.1) is 13.8 Å². The maximum atomic E-state index is 12.8. The quantitative estimate of drug-likeness (QED) is 0.474. The number of nitrogens with one attached hydrogen (secondary N) is 1. The van der Waals surface area contributed by atoms with Crippen molar-refractivity contribution in [3.8, 4) is 17.0 Å². The lowest BCUT2D eigenvalue weighted by molar-refractivity contribution is 0.179. The zero-order valence-electron chi connectivity index (χ0n) is 18.7. The number of H-pyrrole nitrogens is 1. The summed E-state index contributed by atoms with van der Waals surface area (Å²) in [6.45, 7) is 9.28. The van der Waals surface area contributed by atoms with Crippen LogP contribution in [0.15, 0.2) is 35.3 Å². The summed E-state index contributed by atoms with van der Waals surface area (Å²) >= 11 is 0. The molecule has 0 saturated carbocycles. The minimum absolute atomic E-state index is 0.113. The summed E-state index contributed by atoms with van der Waals surface area (Å²) < 4.78 is 12.7. The largest absolute Gasteiger partial charge is 0.478 e. The molecule has 3 aromatic heterocycles. The zero-order valence-corrected chi connectivity index (χ0v) is 18.7. The molecule has 4 aromatic rings. The van der Waals surface area contributed by atoms with Gasteiger partial charge in [0, 0.05) is 36.4 Å². The van der Waals surface area contributed by atoms with Gasteiger partial charge in [-0.1, -0.05) is 12.1 Å². The lowest BCUT2D eigenvalue weighted by Crippen LogP contribution is -2.11. The van der Waals surface area contributed by atoms with Gasteiger partial charge in [-0.2, -0.15) is 5.10 Å². The van der Waals surface area contributed by atoms with Gasteiger partial charge < -0.3 is 14.5 Å². The first kappa shape index (κ1) is 21.1. The molecule has 0 aliphatic rings. The number of hydrogen-bond acceptors (Lipinski definition) is 5. The molecule has 0 saturated heterocycles. The first-order chi connectivity index (χ1) is 14.9. The number of ether oxygens (including phenoxy) is 2. The Morgan fingerprint density at radius 1 is 1.19 bits per heavy atom. The average molecular weight is 421 g/mol. The van der Waals surface area contributed by atoms with E-state index in [2.05, 4.69) is 41.0 Å². The number of hydrogen-bond donors (Lipinski definition) is 1. The van der Waals surface area contributed by atoms with Gasteiger partial charge in [0.25, 0.3) is 5.56 Å². The number of rotatable bonds is 7. The second-order valence-corrected chi connectivity index (χ2v) is 7.87. The predicted octanol–water partition coefficient (Wildman–Crippen LogP) is 4.55. The van der Waals surface area contributed by atoms with Crippen molar-refractivity contribution in [1.82, 2.24) is 19.7 Å². The van der Waals surface area contributed by atoms with Crippen molar-refractivity contribution in [2.45, 2.75) is 40.2 Å². The summed E-state index contributed by atoms with van der Waals surface area (Å²) in [6.07, 6.45) is 2.46. The topological polar surface area (TPSA) is 82.0 Å². The SMILES string of the molecule is CCOc1cc(C)c(-c2ccc3c(c2)[nH]c(=O)c2cnn([C@H](C)CCOC)c23)c(C)n1. The highest BCUT2D eigenvalue weighted by Gasteiger charge is 2.17. The molecule has 3 heterocycles. The van der Waals surface area contributed by atoms with Gasteiger partial charge in [-0.25, -0.2) is 4.98 Å². The minimum Gasteiger partial charge on any atom is -0.478 e. The van der Waals surface area contributed by atoms with Crippen LogP contribution in [0.5, 0.6) is 5.88 Å². The van der Waals surface area contributed by atoms with Crippen LogP contribution >= 0.6 is 0 Å². The van der Waals surface area contributed by atoms with Gasteiger partial charge in [0.2, 0.25) is 5.88 Å². The van der Waals surface area contributed by atoms with Gasteiger partial charge in [-0.15, -0.1) is 0 Å². The molecule has 162 valence electrons. The standard InChI is InChI=1S/C24H28N4O3/c1-6-31-21-11-14(2)22(16(4)26-21)17-7-8-18-20(12-17)27-24(29)19-13-25-28(23(18)19)15(3)9-10-30-5/h7-8,11-13,15H,6,9-10H2,1-5H3,(H,27,29)/t15-/m1/s1. The highest BCUT2D eigenvalue weighted by atomic mass is 16.5. The number of nitrogens with zero attached hydrogens (tertiary/aromatic N) is 3. The summed E-state index contributed by atoms with van der Waals surface area (Å²) in [5, 5.41) is 6.08. The van der Waals surface area contributed by atoms with E-state index in [0.29, 0.717) is 24.5 Å². The molecular formula is C24H28N4O3. The number of benzene rings is 1. The van der Waals surface area contributed by atoms with E-state index in [1.165, 1.54) is 0 Å². The van der Waals surface area contributed by atoms with E-state index < -0.39 is 0 Å².